The second kappa shape index (κ2) is 6.64. The average molecular weight is 366 g/mol. The van der Waals surface area contributed by atoms with Gasteiger partial charge in [0, 0.05) is 38.1 Å². The largest absolute Gasteiger partial charge is 0.338 e. The van der Waals surface area contributed by atoms with Gasteiger partial charge >= 0.3 is 6.03 Å². The van der Waals surface area contributed by atoms with Gasteiger partial charge in [-0.2, -0.15) is 4.31 Å². The van der Waals surface area contributed by atoms with Crippen LogP contribution in [0.15, 0.2) is 24.3 Å². The van der Waals surface area contributed by atoms with Crippen molar-refractivity contribution < 1.29 is 18.0 Å². The number of amides is 3. The third-order valence-electron chi connectivity index (χ3n) is 4.69. The molecule has 0 aromatic heterocycles. The van der Waals surface area contributed by atoms with E-state index in [1.807, 2.05) is 0 Å². The summed E-state index contributed by atoms with van der Waals surface area (Å²) in [6, 6.07) is 6.41. The minimum absolute atomic E-state index is 0.119. The first-order valence-corrected chi connectivity index (χ1v) is 10.0. The van der Waals surface area contributed by atoms with Crippen molar-refractivity contribution in [2.24, 2.45) is 0 Å². The lowest BCUT2D eigenvalue weighted by molar-refractivity contribution is -0.120. The number of carbonyl (C=O) groups excluding carboxylic acids is 2. The Hall–Kier alpha value is -2.13. The number of hydrogen-bond donors (Lipinski definition) is 1. The molecule has 1 atom stereocenters. The zero-order valence-corrected chi connectivity index (χ0v) is 15.1. The summed E-state index contributed by atoms with van der Waals surface area (Å²) in [6.45, 7) is 1.81. The molecule has 136 valence electrons. The quantitative estimate of drug-likeness (QED) is 0.845. The predicted molar refractivity (Wildman–Crippen MR) is 95.2 cm³/mol. The Kier molecular flexibility index (Phi) is 4.70. The Morgan fingerprint density at radius 3 is 2.24 bits per heavy atom. The highest BCUT2D eigenvalue weighted by molar-refractivity contribution is 7.88. The molecule has 2 aliphatic heterocycles. The standard InChI is InChI=1S/C16H22N4O4S/c1-18(25(2,23)24)14-8-11-19(15(14)21)12-4-6-13(7-5-12)20-10-3-9-17-16(20)22/h4-7,14H,3,8-11H2,1-2H3,(H,17,22). The number of sulfonamides is 1. The Labute approximate surface area is 147 Å². The molecule has 2 heterocycles. The normalized spacial score (nSPS) is 21.8. The molecule has 9 heteroatoms. The number of nitrogens with one attached hydrogen (secondary N) is 1. The first kappa shape index (κ1) is 17.7. The second-order valence-corrected chi connectivity index (χ2v) is 8.37. The van der Waals surface area contributed by atoms with Crippen molar-refractivity contribution in [2.45, 2.75) is 18.9 Å². The molecule has 0 aliphatic carbocycles. The van der Waals surface area contributed by atoms with Gasteiger partial charge in [0.1, 0.15) is 6.04 Å². The third-order valence-corrected chi connectivity index (χ3v) is 5.99. The molecule has 0 bridgehead atoms. The van der Waals surface area contributed by atoms with Crippen molar-refractivity contribution in [3.63, 3.8) is 0 Å². The first-order valence-electron chi connectivity index (χ1n) is 8.19. The van der Waals surface area contributed by atoms with Gasteiger partial charge in [-0.3, -0.25) is 9.69 Å². The van der Waals surface area contributed by atoms with E-state index in [2.05, 4.69) is 5.32 Å². The molecular formula is C16H22N4O4S. The molecule has 0 spiro atoms. The SMILES string of the molecule is CN(C1CCN(c2ccc(N3CCCNC3=O)cc2)C1=O)S(C)(=O)=O. The van der Waals surface area contributed by atoms with Gasteiger partial charge in [-0.15, -0.1) is 0 Å². The van der Waals surface area contributed by atoms with E-state index < -0.39 is 16.1 Å². The molecule has 25 heavy (non-hydrogen) atoms. The van der Waals surface area contributed by atoms with Crippen LogP contribution in [0.2, 0.25) is 0 Å². The molecule has 3 amide bonds. The summed E-state index contributed by atoms with van der Waals surface area (Å²) in [5.74, 6) is -0.226. The van der Waals surface area contributed by atoms with Gasteiger partial charge in [-0.05, 0) is 37.1 Å². The Morgan fingerprint density at radius 1 is 1.08 bits per heavy atom. The van der Waals surface area contributed by atoms with E-state index in [9.17, 15) is 18.0 Å². The summed E-state index contributed by atoms with van der Waals surface area (Å²) in [6.07, 6.45) is 2.44. The Morgan fingerprint density at radius 2 is 1.68 bits per heavy atom. The number of benzene rings is 1. The van der Waals surface area contributed by atoms with Crippen LogP contribution in [0.5, 0.6) is 0 Å². The van der Waals surface area contributed by atoms with E-state index in [-0.39, 0.29) is 11.9 Å². The van der Waals surface area contributed by atoms with Crippen LogP contribution in [0.1, 0.15) is 12.8 Å². The summed E-state index contributed by atoms with van der Waals surface area (Å²) >= 11 is 0. The van der Waals surface area contributed by atoms with Gasteiger partial charge in [0.05, 0.1) is 6.26 Å². The van der Waals surface area contributed by atoms with Crippen molar-refractivity contribution in [2.75, 3.05) is 42.7 Å². The molecule has 1 aromatic carbocycles. The van der Waals surface area contributed by atoms with Crippen molar-refractivity contribution in [3.8, 4) is 0 Å². The van der Waals surface area contributed by atoms with Crippen LogP contribution in [-0.2, 0) is 14.8 Å². The van der Waals surface area contributed by atoms with E-state index in [0.717, 1.165) is 22.7 Å². The van der Waals surface area contributed by atoms with Gasteiger partial charge in [-0.1, -0.05) is 0 Å². The lowest BCUT2D eigenvalue weighted by Crippen LogP contribution is -2.46. The van der Waals surface area contributed by atoms with Gasteiger partial charge < -0.3 is 10.2 Å². The van der Waals surface area contributed by atoms with Crippen LogP contribution < -0.4 is 15.1 Å². The third kappa shape index (κ3) is 3.47. The molecule has 2 saturated heterocycles. The van der Waals surface area contributed by atoms with Crippen LogP contribution in [-0.4, -0.2) is 63.6 Å². The molecule has 1 unspecified atom stereocenters. The van der Waals surface area contributed by atoms with Gasteiger partial charge in [0.25, 0.3) is 0 Å². The minimum atomic E-state index is -3.42. The lowest BCUT2D eigenvalue weighted by Gasteiger charge is -2.28. The van der Waals surface area contributed by atoms with E-state index in [0.29, 0.717) is 31.7 Å². The number of carbonyl (C=O) groups is 2. The number of anilines is 2. The maximum absolute atomic E-state index is 12.6. The number of urea groups is 1. The van der Waals surface area contributed by atoms with Crippen LogP contribution in [0.4, 0.5) is 16.2 Å². The summed E-state index contributed by atoms with van der Waals surface area (Å²) in [5.41, 5.74) is 1.48. The smallest absolute Gasteiger partial charge is 0.321 e. The number of nitrogens with zero attached hydrogens (tertiary/aromatic N) is 3. The van der Waals surface area contributed by atoms with Crippen LogP contribution in [0, 0.1) is 0 Å². The number of rotatable bonds is 4. The van der Waals surface area contributed by atoms with Crippen molar-refractivity contribution in [1.82, 2.24) is 9.62 Å². The van der Waals surface area contributed by atoms with Crippen LogP contribution in [0.3, 0.4) is 0 Å². The lowest BCUT2D eigenvalue weighted by atomic mass is 10.2. The van der Waals surface area contributed by atoms with E-state index in [1.165, 1.54) is 7.05 Å². The van der Waals surface area contributed by atoms with Crippen LogP contribution >= 0.6 is 0 Å². The highest BCUT2D eigenvalue weighted by Gasteiger charge is 2.38. The minimum Gasteiger partial charge on any atom is -0.338 e. The number of hydrogen-bond acceptors (Lipinski definition) is 4. The monoisotopic (exact) mass is 366 g/mol. The van der Waals surface area contributed by atoms with Crippen molar-refractivity contribution in [3.05, 3.63) is 24.3 Å². The fourth-order valence-corrected chi connectivity index (χ4v) is 3.84. The zero-order chi connectivity index (χ0) is 18.2. The topological polar surface area (TPSA) is 90.0 Å². The van der Waals surface area contributed by atoms with E-state index >= 15 is 0 Å². The summed E-state index contributed by atoms with van der Waals surface area (Å²) < 4.78 is 24.5. The Balaban J connectivity index is 1.75. The average Bonchev–Trinajstić information content (AvgIpc) is 2.95. The summed E-state index contributed by atoms with van der Waals surface area (Å²) in [7, 11) is -1.99. The van der Waals surface area contributed by atoms with Gasteiger partial charge in [0.15, 0.2) is 0 Å². The fraction of sp³-hybridized carbons (Fsp3) is 0.500. The maximum Gasteiger partial charge on any atom is 0.321 e. The molecule has 2 fully saturated rings. The maximum atomic E-state index is 12.6. The van der Waals surface area contributed by atoms with E-state index in [4.69, 9.17) is 0 Å². The summed E-state index contributed by atoms with van der Waals surface area (Å²) in [5, 5.41) is 2.80. The fourth-order valence-electron chi connectivity index (χ4n) is 3.18. The van der Waals surface area contributed by atoms with Crippen molar-refractivity contribution in [1.29, 1.82) is 0 Å². The highest BCUT2D eigenvalue weighted by atomic mass is 32.2. The first-order chi connectivity index (χ1) is 11.8. The van der Waals surface area contributed by atoms with Gasteiger partial charge in [-0.25, -0.2) is 13.2 Å². The van der Waals surface area contributed by atoms with Gasteiger partial charge in [0.2, 0.25) is 15.9 Å². The highest BCUT2D eigenvalue weighted by Crippen LogP contribution is 2.27. The molecule has 0 saturated carbocycles. The molecule has 0 radical (unpaired) electrons. The molecule has 8 nitrogen and oxygen atoms in total. The Bertz CT molecular complexity index is 778. The molecule has 1 N–H and O–H groups in total. The van der Waals surface area contributed by atoms with E-state index in [1.54, 1.807) is 34.1 Å². The molecule has 2 aliphatic rings. The predicted octanol–water partition coefficient (Wildman–Crippen LogP) is 0.603. The van der Waals surface area contributed by atoms with Crippen LogP contribution in [0.25, 0.3) is 0 Å². The molecular weight excluding hydrogens is 344 g/mol. The zero-order valence-electron chi connectivity index (χ0n) is 14.3. The second-order valence-electron chi connectivity index (χ2n) is 6.33. The number of likely N-dealkylation sites (N-methyl/N-ethyl adjacent to an activating group) is 1. The van der Waals surface area contributed by atoms with Crippen molar-refractivity contribution >= 4 is 33.3 Å². The molecule has 1 aromatic rings. The summed E-state index contributed by atoms with van der Waals surface area (Å²) in [4.78, 5) is 27.7. The molecule has 3 rings (SSSR count).